The second-order valence-electron chi connectivity index (χ2n) is 5.45. The minimum atomic E-state index is -0.289. The van der Waals surface area contributed by atoms with Gasteiger partial charge in [-0.15, -0.1) is 0 Å². The number of para-hydroxylation sites is 2. The van der Waals surface area contributed by atoms with Crippen LogP contribution in [0.2, 0.25) is 0 Å². The molecule has 0 atom stereocenters. The Labute approximate surface area is 139 Å². The number of anilines is 1. The van der Waals surface area contributed by atoms with Gasteiger partial charge < -0.3 is 5.32 Å². The summed E-state index contributed by atoms with van der Waals surface area (Å²) in [5, 5.41) is 7.10. The lowest BCUT2D eigenvalue weighted by atomic mass is 10.1. The second-order valence-corrected chi connectivity index (χ2v) is 5.45. The fourth-order valence-corrected chi connectivity index (χ4v) is 2.55. The van der Waals surface area contributed by atoms with Crippen LogP contribution in [0.15, 0.2) is 60.8 Å². The van der Waals surface area contributed by atoms with Crippen molar-refractivity contribution < 1.29 is 9.59 Å². The van der Waals surface area contributed by atoms with Crippen LogP contribution in [0.1, 0.15) is 33.3 Å². The lowest BCUT2D eigenvalue weighted by Gasteiger charge is -2.09. The summed E-state index contributed by atoms with van der Waals surface area (Å²) in [6, 6.07) is 16.6. The molecule has 0 unspecified atom stereocenters. The summed E-state index contributed by atoms with van der Waals surface area (Å²) in [4.78, 5) is 24.3. The molecule has 1 amide bonds. The van der Waals surface area contributed by atoms with Crippen molar-refractivity contribution in [1.82, 2.24) is 9.78 Å². The molecule has 0 aliphatic rings. The van der Waals surface area contributed by atoms with Gasteiger partial charge in [-0.2, -0.15) is 5.10 Å². The maximum Gasteiger partial charge on any atom is 0.259 e. The molecule has 1 aromatic heterocycles. The van der Waals surface area contributed by atoms with Crippen LogP contribution in [0.4, 0.5) is 5.69 Å². The van der Waals surface area contributed by atoms with Gasteiger partial charge in [0.2, 0.25) is 0 Å². The molecule has 0 radical (unpaired) electrons. The molecule has 1 N–H and O–H groups in total. The van der Waals surface area contributed by atoms with Gasteiger partial charge in [0, 0.05) is 5.56 Å². The summed E-state index contributed by atoms with van der Waals surface area (Å²) in [5.41, 5.74) is 3.08. The normalized spacial score (nSPS) is 10.4. The molecule has 0 saturated heterocycles. The van der Waals surface area contributed by atoms with Gasteiger partial charge in [-0.25, -0.2) is 4.68 Å². The quantitative estimate of drug-likeness (QED) is 0.747. The summed E-state index contributed by atoms with van der Waals surface area (Å²) < 4.78 is 1.71. The van der Waals surface area contributed by atoms with Crippen molar-refractivity contribution >= 4 is 17.4 Å². The molecular weight excluding hydrogens is 302 g/mol. The van der Waals surface area contributed by atoms with Crippen molar-refractivity contribution in [3.63, 3.8) is 0 Å². The van der Waals surface area contributed by atoms with E-state index in [1.807, 2.05) is 37.3 Å². The number of benzene rings is 2. The van der Waals surface area contributed by atoms with Gasteiger partial charge in [0.25, 0.3) is 5.91 Å². The van der Waals surface area contributed by atoms with Crippen LogP contribution < -0.4 is 5.32 Å². The molecule has 2 aromatic carbocycles. The highest BCUT2D eigenvalue weighted by Crippen LogP contribution is 2.19. The maximum atomic E-state index is 12.6. The third-order valence-electron chi connectivity index (χ3n) is 3.81. The summed E-state index contributed by atoms with van der Waals surface area (Å²) in [5.74, 6) is -0.383. The average molecular weight is 319 g/mol. The van der Waals surface area contributed by atoms with Crippen molar-refractivity contribution in [3.05, 3.63) is 77.6 Å². The van der Waals surface area contributed by atoms with Crippen LogP contribution in [0, 0.1) is 6.92 Å². The van der Waals surface area contributed by atoms with E-state index < -0.39 is 0 Å². The number of hydrogen-bond donors (Lipinski definition) is 1. The number of hydrogen-bond acceptors (Lipinski definition) is 3. The number of nitrogens with zero attached hydrogens (tertiary/aromatic N) is 2. The van der Waals surface area contributed by atoms with Gasteiger partial charge in [-0.1, -0.05) is 30.3 Å². The van der Waals surface area contributed by atoms with Gasteiger partial charge in [0.15, 0.2) is 5.78 Å². The van der Waals surface area contributed by atoms with E-state index in [1.165, 1.54) is 13.1 Å². The smallest absolute Gasteiger partial charge is 0.259 e. The predicted octanol–water partition coefficient (Wildman–Crippen LogP) is 3.64. The van der Waals surface area contributed by atoms with Crippen LogP contribution in [0.25, 0.3) is 5.69 Å². The Morgan fingerprint density at radius 3 is 2.33 bits per heavy atom. The second kappa shape index (κ2) is 6.50. The van der Waals surface area contributed by atoms with Crippen LogP contribution in [0.3, 0.4) is 0 Å². The first kappa shape index (κ1) is 15.7. The third kappa shape index (κ3) is 2.96. The molecule has 0 saturated carbocycles. The van der Waals surface area contributed by atoms with Crippen LogP contribution in [-0.4, -0.2) is 21.5 Å². The summed E-state index contributed by atoms with van der Waals surface area (Å²) in [6.07, 6.45) is 1.54. The van der Waals surface area contributed by atoms with E-state index in [4.69, 9.17) is 0 Å². The van der Waals surface area contributed by atoms with Crippen molar-refractivity contribution in [2.24, 2.45) is 0 Å². The Hall–Kier alpha value is -3.21. The molecule has 5 heteroatoms. The Morgan fingerprint density at radius 2 is 1.62 bits per heavy atom. The number of nitrogens with one attached hydrogen (secondary N) is 1. The molecule has 0 spiro atoms. The summed E-state index contributed by atoms with van der Waals surface area (Å²) in [6.45, 7) is 3.31. The van der Waals surface area contributed by atoms with E-state index in [2.05, 4.69) is 10.4 Å². The number of carbonyl (C=O) groups excluding carboxylic acids is 2. The fraction of sp³-hybridized carbons (Fsp3) is 0.105. The van der Waals surface area contributed by atoms with Gasteiger partial charge in [0.1, 0.15) is 0 Å². The molecule has 3 rings (SSSR count). The van der Waals surface area contributed by atoms with Crippen LogP contribution in [0.5, 0.6) is 0 Å². The zero-order valence-corrected chi connectivity index (χ0v) is 13.5. The first-order chi connectivity index (χ1) is 11.6. The highest BCUT2D eigenvalue weighted by atomic mass is 16.2. The zero-order valence-electron chi connectivity index (χ0n) is 13.5. The SMILES string of the molecule is CC(=O)c1ccccc1NC(=O)c1cnn(-c2ccccc2)c1C. The van der Waals surface area contributed by atoms with Crippen molar-refractivity contribution in [2.75, 3.05) is 5.32 Å². The standard InChI is InChI=1S/C19H17N3O2/c1-13-17(12-20-22(13)15-8-4-3-5-9-15)19(24)21-18-11-7-6-10-16(18)14(2)23/h3-12H,1-2H3,(H,21,24). The number of ketones is 1. The highest BCUT2D eigenvalue weighted by molar-refractivity contribution is 6.09. The number of carbonyl (C=O) groups is 2. The lowest BCUT2D eigenvalue weighted by Crippen LogP contribution is -2.15. The van der Waals surface area contributed by atoms with Crippen molar-refractivity contribution in [3.8, 4) is 5.69 Å². The molecule has 1 heterocycles. The molecule has 24 heavy (non-hydrogen) atoms. The minimum absolute atomic E-state index is 0.0948. The maximum absolute atomic E-state index is 12.6. The van der Waals surface area contributed by atoms with Crippen LogP contribution >= 0.6 is 0 Å². The van der Waals surface area contributed by atoms with Crippen molar-refractivity contribution in [2.45, 2.75) is 13.8 Å². The molecule has 0 aliphatic heterocycles. The first-order valence-corrected chi connectivity index (χ1v) is 7.59. The Kier molecular flexibility index (Phi) is 4.24. The van der Waals surface area contributed by atoms with E-state index in [1.54, 1.807) is 28.9 Å². The highest BCUT2D eigenvalue weighted by Gasteiger charge is 2.17. The topological polar surface area (TPSA) is 64.0 Å². The number of Topliss-reactive ketones (excluding diaryl/α,β-unsaturated/α-hetero) is 1. The third-order valence-corrected chi connectivity index (χ3v) is 3.81. The van der Waals surface area contributed by atoms with Gasteiger partial charge >= 0.3 is 0 Å². The largest absolute Gasteiger partial charge is 0.321 e. The van der Waals surface area contributed by atoms with Gasteiger partial charge in [0.05, 0.1) is 28.8 Å². The van der Waals surface area contributed by atoms with E-state index in [9.17, 15) is 9.59 Å². The molecule has 5 nitrogen and oxygen atoms in total. The molecular formula is C19H17N3O2. The van der Waals surface area contributed by atoms with Crippen molar-refractivity contribution in [1.29, 1.82) is 0 Å². The Balaban J connectivity index is 1.90. The fourth-order valence-electron chi connectivity index (χ4n) is 2.55. The number of amides is 1. The van der Waals surface area contributed by atoms with E-state index in [0.29, 0.717) is 16.8 Å². The van der Waals surface area contributed by atoms with E-state index in [-0.39, 0.29) is 11.7 Å². The minimum Gasteiger partial charge on any atom is -0.321 e. The van der Waals surface area contributed by atoms with Gasteiger partial charge in [-0.3, -0.25) is 9.59 Å². The Bertz CT molecular complexity index is 898. The zero-order chi connectivity index (χ0) is 17.1. The van der Waals surface area contributed by atoms with Gasteiger partial charge in [-0.05, 0) is 38.1 Å². The lowest BCUT2D eigenvalue weighted by molar-refractivity contribution is 0.101. The first-order valence-electron chi connectivity index (χ1n) is 7.59. The predicted molar refractivity (Wildman–Crippen MR) is 92.7 cm³/mol. The molecule has 0 bridgehead atoms. The average Bonchev–Trinajstić information content (AvgIpc) is 2.97. The summed E-state index contributed by atoms with van der Waals surface area (Å²) >= 11 is 0. The molecule has 120 valence electrons. The number of rotatable bonds is 4. The monoisotopic (exact) mass is 319 g/mol. The Morgan fingerprint density at radius 1 is 0.958 bits per heavy atom. The van der Waals surface area contributed by atoms with Crippen LogP contribution in [-0.2, 0) is 0 Å². The number of aromatic nitrogens is 2. The summed E-state index contributed by atoms with van der Waals surface area (Å²) in [7, 11) is 0. The molecule has 0 aliphatic carbocycles. The molecule has 3 aromatic rings. The molecule has 0 fully saturated rings. The van der Waals surface area contributed by atoms with E-state index in [0.717, 1.165) is 11.4 Å². The van der Waals surface area contributed by atoms with E-state index >= 15 is 0 Å².